The molecule has 1 unspecified atom stereocenters. The quantitative estimate of drug-likeness (QED) is 0.741. The summed E-state index contributed by atoms with van der Waals surface area (Å²) >= 11 is 0. The van der Waals surface area contributed by atoms with Gasteiger partial charge in [-0.05, 0) is 44.0 Å². The predicted molar refractivity (Wildman–Crippen MR) is 66.8 cm³/mol. The van der Waals surface area contributed by atoms with Crippen LogP contribution < -0.4 is 5.32 Å². The lowest BCUT2D eigenvalue weighted by atomic mass is 9.99. The minimum absolute atomic E-state index is 0.0480. The highest BCUT2D eigenvalue weighted by Crippen LogP contribution is 2.22. The molecule has 0 aliphatic rings. The average molecular weight is 239 g/mol. The van der Waals surface area contributed by atoms with Gasteiger partial charge in [0, 0.05) is 6.04 Å². The third-order valence-electron chi connectivity index (χ3n) is 2.66. The second-order valence-corrected chi connectivity index (χ2v) is 4.28. The Morgan fingerprint density at radius 3 is 2.59 bits per heavy atom. The van der Waals surface area contributed by atoms with Crippen molar-refractivity contribution in [2.45, 2.75) is 32.7 Å². The van der Waals surface area contributed by atoms with Crippen LogP contribution >= 0.6 is 0 Å². The maximum absolute atomic E-state index is 13.2. The standard InChI is InChI=1S/C14H19F2N/c1-4-17-14(8-5-10(2)3)11-6-7-12(15)13(16)9-11/h6-7,9,14,17H,2,4-5,8H2,1,3H3. The molecular weight excluding hydrogens is 220 g/mol. The summed E-state index contributed by atoms with van der Waals surface area (Å²) in [5.41, 5.74) is 1.88. The van der Waals surface area contributed by atoms with E-state index in [4.69, 9.17) is 0 Å². The van der Waals surface area contributed by atoms with Crippen LogP contribution in [0.25, 0.3) is 0 Å². The normalized spacial score (nSPS) is 12.5. The van der Waals surface area contributed by atoms with E-state index in [1.807, 2.05) is 13.8 Å². The number of hydrogen-bond donors (Lipinski definition) is 1. The topological polar surface area (TPSA) is 12.0 Å². The number of nitrogens with one attached hydrogen (secondary N) is 1. The van der Waals surface area contributed by atoms with Crippen molar-refractivity contribution >= 4 is 0 Å². The molecule has 0 saturated heterocycles. The molecular formula is C14H19F2N. The number of allylic oxidation sites excluding steroid dienone is 1. The Hall–Kier alpha value is -1.22. The third-order valence-corrected chi connectivity index (χ3v) is 2.66. The monoisotopic (exact) mass is 239 g/mol. The fraction of sp³-hybridized carbons (Fsp3) is 0.429. The highest BCUT2D eigenvalue weighted by atomic mass is 19.2. The van der Waals surface area contributed by atoms with Gasteiger partial charge in [0.15, 0.2) is 11.6 Å². The van der Waals surface area contributed by atoms with Crippen LogP contribution in [-0.2, 0) is 0 Å². The van der Waals surface area contributed by atoms with Crippen LogP contribution in [0.2, 0.25) is 0 Å². The molecule has 1 aromatic carbocycles. The van der Waals surface area contributed by atoms with Gasteiger partial charge in [-0.25, -0.2) is 8.78 Å². The van der Waals surface area contributed by atoms with E-state index >= 15 is 0 Å². The van der Waals surface area contributed by atoms with Crippen molar-refractivity contribution in [3.05, 3.63) is 47.5 Å². The number of halogens is 2. The van der Waals surface area contributed by atoms with Crippen molar-refractivity contribution in [3.63, 3.8) is 0 Å². The van der Waals surface area contributed by atoms with Gasteiger partial charge in [-0.2, -0.15) is 0 Å². The molecule has 0 aliphatic carbocycles. The molecule has 3 heteroatoms. The molecule has 1 N–H and O–H groups in total. The summed E-state index contributed by atoms with van der Waals surface area (Å²) in [6.07, 6.45) is 1.71. The summed E-state index contributed by atoms with van der Waals surface area (Å²) in [6, 6.07) is 4.12. The van der Waals surface area contributed by atoms with Crippen LogP contribution in [0, 0.1) is 11.6 Å². The Kier molecular flexibility index (Phi) is 5.29. The van der Waals surface area contributed by atoms with Gasteiger partial charge < -0.3 is 5.32 Å². The van der Waals surface area contributed by atoms with Crippen LogP contribution in [0.1, 0.15) is 38.3 Å². The first-order valence-electron chi connectivity index (χ1n) is 5.87. The lowest BCUT2D eigenvalue weighted by Crippen LogP contribution is -2.21. The minimum atomic E-state index is -0.802. The lowest BCUT2D eigenvalue weighted by molar-refractivity contribution is 0.487. The molecule has 0 saturated carbocycles. The van der Waals surface area contributed by atoms with E-state index in [2.05, 4.69) is 11.9 Å². The van der Waals surface area contributed by atoms with E-state index in [9.17, 15) is 8.78 Å². The molecule has 1 rings (SSSR count). The predicted octanol–water partition coefficient (Wildman–Crippen LogP) is 3.97. The first-order chi connectivity index (χ1) is 8.04. The minimum Gasteiger partial charge on any atom is -0.310 e. The lowest BCUT2D eigenvalue weighted by Gasteiger charge is -2.18. The van der Waals surface area contributed by atoms with Crippen molar-refractivity contribution in [1.29, 1.82) is 0 Å². The smallest absolute Gasteiger partial charge is 0.159 e. The van der Waals surface area contributed by atoms with Crippen LogP contribution in [0.5, 0.6) is 0 Å². The number of hydrogen-bond acceptors (Lipinski definition) is 1. The molecule has 0 fully saturated rings. The Morgan fingerprint density at radius 2 is 2.06 bits per heavy atom. The van der Waals surface area contributed by atoms with Crippen molar-refractivity contribution < 1.29 is 8.78 Å². The second kappa shape index (κ2) is 6.50. The van der Waals surface area contributed by atoms with E-state index in [-0.39, 0.29) is 6.04 Å². The Labute approximate surface area is 102 Å². The van der Waals surface area contributed by atoms with E-state index in [0.29, 0.717) is 0 Å². The summed E-state index contributed by atoms with van der Waals surface area (Å²) in [5.74, 6) is -1.59. The van der Waals surface area contributed by atoms with Gasteiger partial charge in [-0.1, -0.05) is 18.6 Å². The van der Waals surface area contributed by atoms with Gasteiger partial charge in [0.05, 0.1) is 0 Å². The fourth-order valence-corrected chi connectivity index (χ4v) is 1.75. The molecule has 0 radical (unpaired) electrons. The largest absolute Gasteiger partial charge is 0.310 e. The zero-order valence-electron chi connectivity index (χ0n) is 10.4. The zero-order chi connectivity index (χ0) is 12.8. The highest BCUT2D eigenvalue weighted by molar-refractivity contribution is 5.21. The Balaban J connectivity index is 2.81. The average Bonchev–Trinajstić information content (AvgIpc) is 2.28. The number of rotatable bonds is 6. The van der Waals surface area contributed by atoms with E-state index in [0.717, 1.165) is 30.5 Å². The molecule has 0 aromatic heterocycles. The molecule has 0 amide bonds. The van der Waals surface area contributed by atoms with Gasteiger partial charge in [-0.3, -0.25) is 0 Å². The molecule has 0 aliphatic heterocycles. The Morgan fingerprint density at radius 1 is 1.35 bits per heavy atom. The summed E-state index contributed by atoms with van der Waals surface area (Å²) < 4.78 is 26.0. The maximum Gasteiger partial charge on any atom is 0.159 e. The summed E-state index contributed by atoms with van der Waals surface area (Å²) in [7, 11) is 0. The fourth-order valence-electron chi connectivity index (χ4n) is 1.75. The van der Waals surface area contributed by atoms with Crippen molar-refractivity contribution in [2.24, 2.45) is 0 Å². The van der Waals surface area contributed by atoms with E-state index in [1.54, 1.807) is 6.07 Å². The summed E-state index contributed by atoms with van der Waals surface area (Å²) in [6.45, 7) is 8.60. The van der Waals surface area contributed by atoms with Crippen LogP contribution in [-0.4, -0.2) is 6.54 Å². The molecule has 17 heavy (non-hydrogen) atoms. The molecule has 1 atom stereocenters. The molecule has 0 spiro atoms. The SMILES string of the molecule is C=C(C)CCC(NCC)c1ccc(F)c(F)c1. The first kappa shape index (κ1) is 13.8. The highest BCUT2D eigenvalue weighted by Gasteiger charge is 2.12. The van der Waals surface area contributed by atoms with Crippen LogP contribution in [0.3, 0.4) is 0 Å². The molecule has 0 bridgehead atoms. The van der Waals surface area contributed by atoms with Crippen LogP contribution in [0.4, 0.5) is 8.78 Å². The molecule has 1 aromatic rings. The number of benzene rings is 1. The second-order valence-electron chi connectivity index (χ2n) is 4.28. The van der Waals surface area contributed by atoms with Gasteiger partial charge in [0.1, 0.15) is 0 Å². The van der Waals surface area contributed by atoms with Crippen molar-refractivity contribution in [1.82, 2.24) is 5.32 Å². The third kappa shape index (κ3) is 4.27. The summed E-state index contributed by atoms with van der Waals surface area (Å²) in [4.78, 5) is 0. The zero-order valence-corrected chi connectivity index (χ0v) is 10.4. The van der Waals surface area contributed by atoms with E-state index < -0.39 is 11.6 Å². The van der Waals surface area contributed by atoms with E-state index in [1.165, 1.54) is 12.1 Å². The van der Waals surface area contributed by atoms with Crippen LogP contribution in [0.15, 0.2) is 30.4 Å². The molecule has 94 valence electrons. The maximum atomic E-state index is 13.2. The van der Waals surface area contributed by atoms with Gasteiger partial charge in [-0.15, -0.1) is 6.58 Å². The van der Waals surface area contributed by atoms with Gasteiger partial charge in [0.25, 0.3) is 0 Å². The molecule has 1 nitrogen and oxygen atoms in total. The van der Waals surface area contributed by atoms with Crippen molar-refractivity contribution in [2.75, 3.05) is 6.54 Å². The van der Waals surface area contributed by atoms with Gasteiger partial charge in [0.2, 0.25) is 0 Å². The first-order valence-corrected chi connectivity index (χ1v) is 5.87. The van der Waals surface area contributed by atoms with Crippen molar-refractivity contribution in [3.8, 4) is 0 Å². The summed E-state index contributed by atoms with van der Waals surface area (Å²) in [5, 5.41) is 3.27. The Bertz CT molecular complexity index is 388. The van der Waals surface area contributed by atoms with Gasteiger partial charge >= 0.3 is 0 Å². The molecule has 0 heterocycles.